The van der Waals surface area contributed by atoms with Crippen molar-refractivity contribution in [3.8, 4) is 11.7 Å². The van der Waals surface area contributed by atoms with Crippen LogP contribution in [-0.2, 0) is 0 Å². The molecule has 9 nitrogen and oxygen atoms in total. The lowest BCUT2D eigenvalue weighted by Crippen LogP contribution is -2.17. The molecule has 0 N–H and O–H groups in total. The van der Waals surface area contributed by atoms with Crippen molar-refractivity contribution < 1.29 is 22.8 Å². The highest BCUT2D eigenvalue weighted by Crippen LogP contribution is 2.28. The van der Waals surface area contributed by atoms with E-state index in [0.717, 1.165) is 18.3 Å². The molecule has 0 amide bonds. The Morgan fingerprint density at radius 2 is 2.12 bits per heavy atom. The molecule has 0 bridgehead atoms. The third kappa shape index (κ3) is 3.48. The van der Waals surface area contributed by atoms with Gasteiger partial charge in [-0.05, 0) is 24.4 Å². The Labute approximate surface area is 146 Å². The Hall–Kier alpha value is -3.44. The molecule has 2 heterocycles. The number of ether oxygens (including phenoxy) is 1. The second-order valence-electron chi connectivity index (χ2n) is 4.65. The summed E-state index contributed by atoms with van der Waals surface area (Å²) < 4.78 is 42.3. The van der Waals surface area contributed by atoms with Gasteiger partial charge in [-0.15, -0.1) is 13.2 Å². The Bertz CT molecular complexity index is 1060. The first-order valence-corrected chi connectivity index (χ1v) is 7.02. The molecule has 0 spiro atoms. The number of benzene rings is 1. The van der Waals surface area contributed by atoms with Crippen molar-refractivity contribution in [1.29, 1.82) is 0 Å². The molecule has 0 fully saturated rings. The van der Waals surface area contributed by atoms with Gasteiger partial charge in [0.1, 0.15) is 18.3 Å². The average Bonchev–Trinajstić information content (AvgIpc) is 2.96. The van der Waals surface area contributed by atoms with Crippen molar-refractivity contribution in [2.75, 3.05) is 0 Å². The zero-order valence-corrected chi connectivity index (χ0v) is 13.2. The van der Waals surface area contributed by atoms with E-state index in [2.05, 4.69) is 36.9 Å². The molecule has 0 saturated heterocycles. The van der Waals surface area contributed by atoms with E-state index in [0.29, 0.717) is 5.52 Å². The van der Waals surface area contributed by atoms with Crippen LogP contribution < -0.4 is 4.74 Å². The van der Waals surface area contributed by atoms with Crippen LogP contribution in [0.15, 0.2) is 35.7 Å². The molecule has 3 aromatic rings. The summed E-state index contributed by atoms with van der Waals surface area (Å²) in [6, 6.07) is 3.50. The molecule has 0 aliphatic rings. The van der Waals surface area contributed by atoms with Crippen molar-refractivity contribution in [3.63, 3.8) is 0 Å². The number of aliphatic imine (C=N–C) groups is 1. The van der Waals surface area contributed by atoms with E-state index < -0.39 is 22.7 Å². The van der Waals surface area contributed by atoms with E-state index in [9.17, 15) is 23.3 Å². The summed E-state index contributed by atoms with van der Waals surface area (Å²) in [5.41, 5.74) is 0.0239. The number of nitro groups is 1. The van der Waals surface area contributed by atoms with Crippen LogP contribution in [-0.4, -0.2) is 36.0 Å². The molecule has 1 aromatic carbocycles. The Morgan fingerprint density at radius 1 is 1.35 bits per heavy atom. The van der Waals surface area contributed by atoms with Gasteiger partial charge in [0.25, 0.3) is 0 Å². The fourth-order valence-corrected chi connectivity index (χ4v) is 2.16. The largest absolute Gasteiger partial charge is 0.573 e. The van der Waals surface area contributed by atoms with E-state index in [4.69, 9.17) is 0 Å². The first-order chi connectivity index (χ1) is 12.3. The molecule has 0 aliphatic carbocycles. The summed E-state index contributed by atoms with van der Waals surface area (Å²) in [6.07, 6.45) is -2.71. The Balaban J connectivity index is 2.13. The van der Waals surface area contributed by atoms with Crippen LogP contribution >= 0.6 is 12.2 Å². The highest BCUT2D eigenvalue weighted by Gasteiger charge is 2.31. The summed E-state index contributed by atoms with van der Waals surface area (Å²) in [5, 5.41) is 12.9. The highest BCUT2D eigenvalue weighted by molar-refractivity contribution is 7.78. The van der Waals surface area contributed by atoms with Gasteiger partial charge in [0.2, 0.25) is 11.8 Å². The lowest BCUT2D eigenvalue weighted by molar-refractivity contribution is -0.384. The van der Waals surface area contributed by atoms with Crippen molar-refractivity contribution in [1.82, 2.24) is 19.5 Å². The molecular formula is C13H5F3N6O3S. The molecule has 3 rings (SSSR count). The van der Waals surface area contributed by atoms with Crippen LogP contribution in [0.5, 0.6) is 5.75 Å². The number of hydrogen-bond donors (Lipinski definition) is 0. The van der Waals surface area contributed by atoms with Crippen LogP contribution in [0.3, 0.4) is 0 Å². The molecule has 0 saturated carbocycles. The number of isothiocyanates is 1. The summed E-state index contributed by atoms with van der Waals surface area (Å²) in [4.78, 5) is 25.4. The summed E-state index contributed by atoms with van der Waals surface area (Å²) in [6.45, 7) is 0. The number of nitrogens with zero attached hydrogens (tertiary/aromatic N) is 6. The average molecular weight is 382 g/mol. The lowest BCUT2D eigenvalue weighted by Gasteiger charge is -2.09. The zero-order valence-electron chi connectivity index (χ0n) is 12.3. The van der Waals surface area contributed by atoms with Gasteiger partial charge in [-0.2, -0.15) is 9.98 Å². The van der Waals surface area contributed by atoms with Gasteiger partial charge in [0.05, 0.1) is 21.1 Å². The van der Waals surface area contributed by atoms with Gasteiger partial charge in [-0.3, -0.25) is 14.7 Å². The van der Waals surface area contributed by atoms with E-state index >= 15 is 0 Å². The smallest absolute Gasteiger partial charge is 0.406 e. The normalized spacial score (nSPS) is 11.2. The highest BCUT2D eigenvalue weighted by atomic mass is 32.1. The van der Waals surface area contributed by atoms with E-state index in [1.807, 2.05) is 5.16 Å². The Kier molecular flexibility index (Phi) is 4.32. The zero-order chi connectivity index (χ0) is 18.9. The second-order valence-corrected chi connectivity index (χ2v) is 4.83. The van der Waals surface area contributed by atoms with Gasteiger partial charge in [-0.25, -0.2) is 9.97 Å². The molecular weight excluding hydrogens is 377 g/mol. The topological polar surface area (TPSA) is 108 Å². The maximum atomic E-state index is 12.4. The van der Waals surface area contributed by atoms with Crippen LogP contribution in [0.25, 0.3) is 17.0 Å². The van der Waals surface area contributed by atoms with Gasteiger partial charge in [-0.1, -0.05) is 0 Å². The number of alkyl halides is 3. The molecule has 2 aromatic heterocycles. The molecule has 0 unspecified atom stereocenters. The third-order valence-corrected chi connectivity index (χ3v) is 3.14. The van der Waals surface area contributed by atoms with E-state index in [1.165, 1.54) is 17.0 Å². The number of hydrogen-bond acceptors (Lipinski definition) is 8. The van der Waals surface area contributed by atoms with Gasteiger partial charge < -0.3 is 4.74 Å². The third-order valence-electron chi connectivity index (χ3n) is 3.05. The van der Waals surface area contributed by atoms with Crippen molar-refractivity contribution in [2.45, 2.75) is 6.36 Å². The summed E-state index contributed by atoms with van der Waals surface area (Å²) in [7, 11) is 0. The van der Waals surface area contributed by atoms with Crippen LogP contribution in [0, 0.1) is 10.1 Å². The quantitative estimate of drug-likeness (QED) is 0.295. The minimum Gasteiger partial charge on any atom is -0.406 e. The van der Waals surface area contributed by atoms with Gasteiger partial charge >= 0.3 is 12.0 Å². The van der Waals surface area contributed by atoms with Crippen LogP contribution in [0.4, 0.5) is 24.7 Å². The molecule has 26 heavy (non-hydrogen) atoms. The fourth-order valence-electron chi connectivity index (χ4n) is 2.07. The summed E-state index contributed by atoms with van der Waals surface area (Å²) in [5.74, 6) is -0.920. The maximum absolute atomic E-state index is 12.4. The minimum atomic E-state index is -4.86. The van der Waals surface area contributed by atoms with Crippen molar-refractivity contribution in [3.05, 3.63) is 40.8 Å². The number of rotatable bonds is 4. The minimum absolute atomic E-state index is 0.105. The predicted molar refractivity (Wildman–Crippen MR) is 84.7 cm³/mol. The van der Waals surface area contributed by atoms with E-state index in [1.54, 1.807) is 0 Å². The van der Waals surface area contributed by atoms with Crippen LogP contribution in [0.1, 0.15) is 0 Å². The van der Waals surface area contributed by atoms with Crippen LogP contribution in [0.2, 0.25) is 0 Å². The molecule has 0 atom stereocenters. The maximum Gasteiger partial charge on any atom is 0.573 e. The van der Waals surface area contributed by atoms with Gasteiger partial charge in [0, 0.05) is 6.07 Å². The van der Waals surface area contributed by atoms with E-state index in [-0.39, 0.29) is 17.3 Å². The molecule has 13 heteroatoms. The SMILES string of the molecule is O=[N+]([O-])c1cnc(-n2cnc3ccc(OC(F)(F)F)cc32)nc1N=C=S. The molecule has 132 valence electrons. The first kappa shape index (κ1) is 17.4. The van der Waals surface area contributed by atoms with Crippen molar-refractivity contribution in [2.24, 2.45) is 4.99 Å². The fraction of sp³-hybridized carbons (Fsp3) is 0.0769. The lowest BCUT2D eigenvalue weighted by atomic mass is 10.3. The second kappa shape index (κ2) is 6.46. The van der Waals surface area contributed by atoms with Crippen molar-refractivity contribution >= 4 is 39.9 Å². The number of imidazole rings is 1. The number of halogens is 3. The summed E-state index contributed by atoms with van der Waals surface area (Å²) >= 11 is 4.43. The monoisotopic (exact) mass is 382 g/mol. The Morgan fingerprint density at radius 3 is 2.77 bits per heavy atom. The number of thiocarbonyl (C=S) groups is 1. The van der Waals surface area contributed by atoms with Gasteiger partial charge in [0.15, 0.2) is 0 Å². The number of fused-ring (bicyclic) bond motifs is 1. The first-order valence-electron chi connectivity index (χ1n) is 6.61. The standard InChI is InChI=1S/C13H5F3N6O3S/c14-13(15,16)25-7-1-2-8-9(3-7)21(5-18-8)12-17-4-10(22(23)24)11(20-12)19-6-26/h1-5H. The number of aromatic nitrogens is 4. The predicted octanol–water partition coefficient (Wildman–Crippen LogP) is 3.36. The molecule has 0 aliphatic heterocycles. The molecule has 0 radical (unpaired) electrons.